The number of carbonyl (C=O) groups is 1. The van der Waals surface area contributed by atoms with Crippen molar-refractivity contribution in [3.8, 4) is 5.88 Å². The first-order valence-electron chi connectivity index (χ1n) is 5.20. The van der Waals surface area contributed by atoms with E-state index >= 15 is 0 Å². The molecule has 1 aromatic heterocycles. The summed E-state index contributed by atoms with van der Waals surface area (Å²) in [6.07, 6.45) is 0.259. The molecule has 6 heteroatoms. The van der Waals surface area contributed by atoms with Crippen molar-refractivity contribution < 1.29 is 19.4 Å². The zero-order chi connectivity index (χ0) is 12.8. The molecule has 0 spiro atoms. The number of nitrogens with two attached hydrogens (primary N) is 1. The van der Waals surface area contributed by atoms with E-state index in [1.54, 1.807) is 19.1 Å². The van der Waals surface area contributed by atoms with Gasteiger partial charge in [0.05, 0.1) is 13.7 Å². The average Bonchev–Trinajstić information content (AvgIpc) is 2.37. The highest BCUT2D eigenvalue weighted by atomic mass is 16.5. The Morgan fingerprint density at radius 1 is 1.59 bits per heavy atom. The SMILES string of the molecule is CCOC(=O)[C@H](N)[C@H](O)c1ccc(OC)nc1. The van der Waals surface area contributed by atoms with Gasteiger partial charge in [0.1, 0.15) is 12.1 Å². The minimum Gasteiger partial charge on any atom is -0.481 e. The first-order chi connectivity index (χ1) is 8.10. The van der Waals surface area contributed by atoms with Crippen LogP contribution in [0.15, 0.2) is 18.3 Å². The van der Waals surface area contributed by atoms with Crippen molar-refractivity contribution >= 4 is 5.97 Å². The number of nitrogens with zero attached hydrogens (tertiary/aromatic N) is 1. The number of ether oxygens (including phenoxy) is 2. The first kappa shape index (κ1) is 13.4. The highest BCUT2D eigenvalue weighted by molar-refractivity contribution is 5.76. The number of aliphatic hydroxyl groups is 1. The zero-order valence-electron chi connectivity index (χ0n) is 9.79. The minimum absolute atomic E-state index is 0.222. The van der Waals surface area contributed by atoms with Crippen LogP contribution in [-0.2, 0) is 9.53 Å². The van der Waals surface area contributed by atoms with Gasteiger partial charge in [0.25, 0.3) is 0 Å². The average molecular weight is 240 g/mol. The Hall–Kier alpha value is -1.66. The summed E-state index contributed by atoms with van der Waals surface area (Å²) in [5.41, 5.74) is 6.00. The van der Waals surface area contributed by atoms with E-state index in [4.69, 9.17) is 15.2 Å². The summed E-state index contributed by atoms with van der Waals surface area (Å²) in [4.78, 5) is 15.2. The van der Waals surface area contributed by atoms with E-state index in [2.05, 4.69) is 4.98 Å². The van der Waals surface area contributed by atoms with E-state index < -0.39 is 18.1 Å². The molecular formula is C11H16N2O4. The number of carbonyl (C=O) groups excluding carboxylic acids is 1. The molecular weight excluding hydrogens is 224 g/mol. The number of hydrogen-bond donors (Lipinski definition) is 2. The summed E-state index contributed by atoms with van der Waals surface area (Å²) in [7, 11) is 1.49. The van der Waals surface area contributed by atoms with Crippen LogP contribution < -0.4 is 10.5 Å². The third-order valence-electron chi connectivity index (χ3n) is 2.21. The number of aromatic nitrogens is 1. The second-order valence-corrected chi connectivity index (χ2v) is 3.36. The molecule has 6 nitrogen and oxygen atoms in total. The molecule has 1 rings (SSSR count). The maximum absolute atomic E-state index is 11.3. The van der Waals surface area contributed by atoms with Crippen LogP contribution in [0, 0.1) is 0 Å². The van der Waals surface area contributed by atoms with Crippen molar-refractivity contribution in [2.24, 2.45) is 5.73 Å². The molecule has 0 unspecified atom stereocenters. The van der Waals surface area contributed by atoms with Crippen molar-refractivity contribution in [2.75, 3.05) is 13.7 Å². The van der Waals surface area contributed by atoms with Crippen molar-refractivity contribution in [2.45, 2.75) is 19.1 Å². The van der Waals surface area contributed by atoms with E-state index in [1.807, 2.05) is 0 Å². The van der Waals surface area contributed by atoms with Crippen LogP contribution in [0.2, 0.25) is 0 Å². The fourth-order valence-electron chi connectivity index (χ4n) is 1.26. The summed E-state index contributed by atoms with van der Waals surface area (Å²) in [5.74, 6) is -0.221. The lowest BCUT2D eigenvalue weighted by Gasteiger charge is -2.17. The van der Waals surface area contributed by atoms with Crippen LogP contribution in [0.3, 0.4) is 0 Å². The molecule has 94 valence electrons. The van der Waals surface area contributed by atoms with Crippen LogP contribution in [0.5, 0.6) is 5.88 Å². The van der Waals surface area contributed by atoms with Gasteiger partial charge in [0.2, 0.25) is 5.88 Å². The molecule has 0 aliphatic rings. The van der Waals surface area contributed by atoms with Gasteiger partial charge in [-0.05, 0) is 13.0 Å². The third kappa shape index (κ3) is 3.40. The molecule has 0 saturated heterocycles. The van der Waals surface area contributed by atoms with Crippen molar-refractivity contribution in [1.29, 1.82) is 0 Å². The maximum atomic E-state index is 11.3. The molecule has 0 saturated carbocycles. The van der Waals surface area contributed by atoms with Crippen molar-refractivity contribution in [3.05, 3.63) is 23.9 Å². The second-order valence-electron chi connectivity index (χ2n) is 3.36. The lowest BCUT2D eigenvalue weighted by molar-refractivity contribution is -0.147. The smallest absolute Gasteiger partial charge is 0.325 e. The lowest BCUT2D eigenvalue weighted by Crippen LogP contribution is -2.38. The van der Waals surface area contributed by atoms with Gasteiger partial charge in [0, 0.05) is 17.8 Å². The summed E-state index contributed by atoms with van der Waals surface area (Å²) in [5, 5.41) is 9.84. The largest absolute Gasteiger partial charge is 0.481 e. The Bertz CT molecular complexity index is 366. The van der Waals surface area contributed by atoms with Gasteiger partial charge in [0.15, 0.2) is 0 Å². The van der Waals surface area contributed by atoms with Gasteiger partial charge in [-0.15, -0.1) is 0 Å². The molecule has 0 aliphatic carbocycles. The Morgan fingerprint density at radius 2 is 2.29 bits per heavy atom. The lowest BCUT2D eigenvalue weighted by atomic mass is 10.1. The van der Waals surface area contributed by atoms with Crippen molar-refractivity contribution in [1.82, 2.24) is 4.98 Å². The van der Waals surface area contributed by atoms with E-state index in [9.17, 15) is 9.90 Å². The zero-order valence-corrected chi connectivity index (χ0v) is 9.79. The highest BCUT2D eigenvalue weighted by Gasteiger charge is 2.25. The molecule has 1 aromatic rings. The van der Waals surface area contributed by atoms with Crippen LogP contribution >= 0.6 is 0 Å². The molecule has 0 amide bonds. The molecule has 0 fully saturated rings. The van der Waals surface area contributed by atoms with Gasteiger partial charge in [-0.3, -0.25) is 4.79 Å². The van der Waals surface area contributed by atoms with E-state index in [-0.39, 0.29) is 6.61 Å². The highest BCUT2D eigenvalue weighted by Crippen LogP contribution is 2.17. The number of pyridine rings is 1. The number of aliphatic hydroxyl groups excluding tert-OH is 1. The van der Waals surface area contributed by atoms with E-state index in [0.29, 0.717) is 11.4 Å². The van der Waals surface area contributed by atoms with Gasteiger partial charge in [-0.25, -0.2) is 4.98 Å². The standard InChI is InChI=1S/C11H16N2O4/c1-3-17-11(15)9(12)10(14)7-4-5-8(16-2)13-6-7/h4-6,9-10,14H,3,12H2,1-2H3/t9-,10-/m1/s1. The number of esters is 1. The predicted octanol–water partition coefficient (Wildman–Crippen LogP) is 0.0140. The van der Waals surface area contributed by atoms with Gasteiger partial charge >= 0.3 is 5.97 Å². The van der Waals surface area contributed by atoms with Crippen molar-refractivity contribution in [3.63, 3.8) is 0 Å². The normalized spacial score (nSPS) is 13.9. The van der Waals surface area contributed by atoms with Gasteiger partial charge in [-0.1, -0.05) is 0 Å². The predicted molar refractivity (Wildman–Crippen MR) is 60.4 cm³/mol. The summed E-state index contributed by atoms with van der Waals surface area (Å²) in [6.45, 7) is 1.89. The number of rotatable bonds is 5. The van der Waals surface area contributed by atoms with Crippen LogP contribution in [0.25, 0.3) is 0 Å². The maximum Gasteiger partial charge on any atom is 0.325 e. The van der Waals surface area contributed by atoms with E-state index in [0.717, 1.165) is 0 Å². The molecule has 1 heterocycles. The quantitative estimate of drug-likeness (QED) is 0.704. The molecule has 3 N–H and O–H groups in total. The van der Waals surface area contributed by atoms with Crippen LogP contribution in [0.4, 0.5) is 0 Å². The molecule has 2 atom stereocenters. The van der Waals surface area contributed by atoms with E-state index in [1.165, 1.54) is 13.3 Å². The summed E-state index contributed by atoms with van der Waals surface area (Å²) < 4.78 is 9.60. The Morgan fingerprint density at radius 3 is 2.76 bits per heavy atom. The van der Waals surface area contributed by atoms with Crippen LogP contribution in [-0.4, -0.2) is 35.8 Å². The van der Waals surface area contributed by atoms with Crippen LogP contribution in [0.1, 0.15) is 18.6 Å². The summed E-state index contributed by atoms with van der Waals surface area (Å²) in [6, 6.07) is 2.05. The number of methoxy groups -OCH3 is 1. The summed E-state index contributed by atoms with van der Waals surface area (Å²) >= 11 is 0. The minimum atomic E-state index is -1.15. The first-order valence-corrected chi connectivity index (χ1v) is 5.20. The second kappa shape index (κ2) is 6.17. The topological polar surface area (TPSA) is 94.7 Å². The Balaban J connectivity index is 2.73. The fraction of sp³-hybridized carbons (Fsp3) is 0.455. The molecule has 17 heavy (non-hydrogen) atoms. The van der Waals surface area contributed by atoms with Gasteiger partial charge < -0.3 is 20.3 Å². The fourth-order valence-corrected chi connectivity index (χ4v) is 1.26. The monoisotopic (exact) mass is 240 g/mol. The molecule has 0 radical (unpaired) electrons. The molecule has 0 aliphatic heterocycles. The van der Waals surface area contributed by atoms with Gasteiger partial charge in [-0.2, -0.15) is 0 Å². The Kier molecular flexibility index (Phi) is 4.86. The molecule has 0 aromatic carbocycles. The number of hydrogen-bond acceptors (Lipinski definition) is 6. The Labute approximate surface area is 99.4 Å². The third-order valence-corrected chi connectivity index (χ3v) is 2.21. The molecule has 0 bridgehead atoms.